The first-order valence-electron chi connectivity index (χ1n) is 4.52. The molecule has 4 nitrogen and oxygen atoms in total. The predicted molar refractivity (Wildman–Crippen MR) is 60.9 cm³/mol. The molecule has 2 rings (SSSR count). The highest BCUT2D eigenvalue weighted by Crippen LogP contribution is 2.10. The van der Waals surface area contributed by atoms with Crippen molar-refractivity contribution in [1.29, 1.82) is 0 Å². The van der Waals surface area contributed by atoms with Gasteiger partial charge in [-0.1, -0.05) is 18.2 Å². The van der Waals surface area contributed by atoms with Crippen molar-refractivity contribution >= 4 is 11.4 Å². The van der Waals surface area contributed by atoms with Crippen LogP contribution in [0.4, 0.5) is 11.4 Å². The number of pyridine rings is 1. The maximum Gasteiger partial charge on any atom is 0.280 e. The normalized spacial score (nSPS) is 10.1. The van der Waals surface area contributed by atoms with Crippen LogP contribution < -0.4 is 17.0 Å². The fourth-order valence-electron chi connectivity index (χ4n) is 1.36. The Bertz CT molecular complexity index is 531. The van der Waals surface area contributed by atoms with E-state index in [2.05, 4.69) is 0 Å². The number of hydrogen-bond donors (Lipinski definition) is 2. The Morgan fingerprint density at radius 2 is 1.67 bits per heavy atom. The van der Waals surface area contributed by atoms with E-state index in [1.165, 1.54) is 4.57 Å². The summed E-state index contributed by atoms with van der Waals surface area (Å²) in [4.78, 5) is 11.7. The molecule has 0 fully saturated rings. The fraction of sp³-hybridized carbons (Fsp3) is 0. The maximum absolute atomic E-state index is 11.7. The lowest BCUT2D eigenvalue weighted by molar-refractivity contribution is 0.997. The second-order valence-corrected chi connectivity index (χ2v) is 3.20. The molecule has 4 N–H and O–H groups in total. The molecule has 0 bridgehead atoms. The SMILES string of the molecule is Nc1ccn(-c2ccccc2)c(=O)c1N. The minimum absolute atomic E-state index is 0.0846. The first-order valence-corrected chi connectivity index (χ1v) is 4.52. The number of rotatable bonds is 1. The predicted octanol–water partition coefficient (Wildman–Crippen LogP) is 1.00. The summed E-state index contributed by atoms with van der Waals surface area (Å²) in [6, 6.07) is 10.9. The summed E-state index contributed by atoms with van der Waals surface area (Å²) in [5.41, 5.74) is 12.0. The average molecular weight is 201 g/mol. The summed E-state index contributed by atoms with van der Waals surface area (Å²) in [5, 5.41) is 0. The number of nitrogens with two attached hydrogens (primary N) is 2. The Kier molecular flexibility index (Phi) is 2.17. The van der Waals surface area contributed by atoms with E-state index in [4.69, 9.17) is 11.5 Å². The molecular weight excluding hydrogens is 190 g/mol. The number of nitrogens with zero attached hydrogens (tertiary/aromatic N) is 1. The molecule has 76 valence electrons. The van der Waals surface area contributed by atoms with Crippen LogP contribution in [-0.4, -0.2) is 4.57 Å². The molecule has 0 amide bonds. The van der Waals surface area contributed by atoms with Gasteiger partial charge in [-0.3, -0.25) is 9.36 Å². The van der Waals surface area contributed by atoms with Crippen molar-refractivity contribution in [3.05, 3.63) is 52.9 Å². The highest BCUT2D eigenvalue weighted by atomic mass is 16.1. The van der Waals surface area contributed by atoms with Gasteiger partial charge in [0.15, 0.2) is 0 Å². The van der Waals surface area contributed by atoms with Gasteiger partial charge in [0, 0.05) is 11.9 Å². The van der Waals surface area contributed by atoms with Gasteiger partial charge < -0.3 is 11.5 Å². The molecule has 0 unspecified atom stereocenters. The zero-order valence-electron chi connectivity index (χ0n) is 8.05. The summed E-state index contributed by atoms with van der Waals surface area (Å²) >= 11 is 0. The van der Waals surface area contributed by atoms with Crippen molar-refractivity contribution in [1.82, 2.24) is 4.57 Å². The zero-order chi connectivity index (χ0) is 10.8. The van der Waals surface area contributed by atoms with Crippen LogP contribution >= 0.6 is 0 Å². The molecule has 0 saturated heterocycles. The van der Waals surface area contributed by atoms with Crippen molar-refractivity contribution < 1.29 is 0 Å². The Hall–Kier alpha value is -2.23. The highest BCUT2D eigenvalue weighted by Gasteiger charge is 2.04. The molecule has 1 heterocycles. The lowest BCUT2D eigenvalue weighted by Crippen LogP contribution is -2.22. The third-order valence-electron chi connectivity index (χ3n) is 2.20. The Morgan fingerprint density at radius 1 is 1.00 bits per heavy atom. The van der Waals surface area contributed by atoms with Crippen LogP contribution in [0.1, 0.15) is 0 Å². The van der Waals surface area contributed by atoms with Gasteiger partial charge in [0.25, 0.3) is 5.56 Å². The number of para-hydroxylation sites is 1. The standard InChI is InChI=1S/C11H11N3O/c12-9-6-7-14(11(15)10(9)13)8-4-2-1-3-5-8/h1-7H,12-13H2. The van der Waals surface area contributed by atoms with Crippen LogP contribution in [0.3, 0.4) is 0 Å². The van der Waals surface area contributed by atoms with Gasteiger partial charge in [0.2, 0.25) is 0 Å². The smallest absolute Gasteiger partial charge is 0.280 e. The molecule has 0 saturated carbocycles. The van der Waals surface area contributed by atoms with E-state index < -0.39 is 0 Å². The van der Waals surface area contributed by atoms with Crippen LogP contribution in [0.15, 0.2) is 47.4 Å². The molecule has 0 spiro atoms. The molecule has 2 aromatic rings. The number of hydrogen-bond acceptors (Lipinski definition) is 3. The average Bonchev–Trinajstić information content (AvgIpc) is 2.27. The van der Waals surface area contributed by atoms with Gasteiger partial charge >= 0.3 is 0 Å². The van der Waals surface area contributed by atoms with Gasteiger partial charge in [0.1, 0.15) is 5.69 Å². The molecule has 0 atom stereocenters. The lowest BCUT2D eigenvalue weighted by atomic mass is 10.3. The van der Waals surface area contributed by atoms with Crippen LogP contribution in [-0.2, 0) is 0 Å². The van der Waals surface area contributed by atoms with Crippen LogP contribution in [0, 0.1) is 0 Å². The monoisotopic (exact) mass is 201 g/mol. The van der Waals surface area contributed by atoms with Gasteiger partial charge in [-0.05, 0) is 18.2 Å². The minimum atomic E-state index is -0.291. The molecule has 0 aliphatic rings. The van der Waals surface area contributed by atoms with Crippen molar-refractivity contribution in [3.63, 3.8) is 0 Å². The molecule has 15 heavy (non-hydrogen) atoms. The first kappa shape index (κ1) is 9.33. The van der Waals surface area contributed by atoms with Crippen molar-refractivity contribution in [2.75, 3.05) is 11.5 Å². The number of nitrogen functional groups attached to an aromatic ring is 2. The second-order valence-electron chi connectivity index (χ2n) is 3.20. The summed E-state index contributed by atoms with van der Waals surface area (Å²) in [5.74, 6) is 0. The Morgan fingerprint density at radius 3 is 2.33 bits per heavy atom. The molecular formula is C11H11N3O. The lowest BCUT2D eigenvalue weighted by Gasteiger charge is -2.07. The first-order chi connectivity index (χ1) is 7.20. The third kappa shape index (κ3) is 1.57. The van der Waals surface area contributed by atoms with Crippen molar-refractivity contribution in [3.8, 4) is 5.69 Å². The van der Waals surface area contributed by atoms with E-state index in [-0.39, 0.29) is 11.2 Å². The van der Waals surface area contributed by atoms with Gasteiger partial charge in [-0.2, -0.15) is 0 Å². The van der Waals surface area contributed by atoms with Crippen molar-refractivity contribution in [2.45, 2.75) is 0 Å². The van der Waals surface area contributed by atoms with E-state index in [1.807, 2.05) is 30.3 Å². The largest absolute Gasteiger partial charge is 0.397 e. The Balaban J connectivity index is 2.66. The quantitative estimate of drug-likeness (QED) is 0.722. The van der Waals surface area contributed by atoms with Gasteiger partial charge in [0.05, 0.1) is 5.69 Å². The molecule has 0 radical (unpaired) electrons. The van der Waals surface area contributed by atoms with E-state index in [0.29, 0.717) is 5.69 Å². The fourth-order valence-corrected chi connectivity index (χ4v) is 1.36. The second kappa shape index (κ2) is 3.49. The minimum Gasteiger partial charge on any atom is -0.397 e. The van der Waals surface area contributed by atoms with Gasteiger partial charge in [-0.15, -0.1) is 0 Å². The summed E-state index contributed by atoms with van der Waals surface area (Å²) in [7, 11) is 0. The highest BCUT2D eigenvalue weighted by molar-refractivity contribution is 5.61. The van der Waals surface area contributed by atoms with E-state index in [9.17, 15) is 4.79 Å². The van der Waals surface area contributed by atoms with E-state index in [0.717, 1.165) is 5.69 Å². The summed E-state index contributed by atoms with van der Waals surface area (Å²) in [6.45, 7) is 0. The molecule has 4 heteroatoms. The topological polar surface area (TPSA) is 74.0 Å². The van der Waals surface area contributed by atoms with Crippen LogP contribution in [0.2, 0.25) is 0 Å². The van der Waals surface area contributed by atoms with Crippen molar-refractivity contribution in [2.24, 2.45) is 0 Å². The Labute approximate surface area is 86.8 Å². The molecule has 1 aromatic carbocycles. The third-order valence-corrected chi connectivity index (χ3v) is 2.20. The van der Waals surface area contributed by atoms with Gasteiger partial charge in [-0.25, -0.2) is 0 Å². The number of anilines is 2. The molecule has 0 aliphatic heterocycles. The summed E-state index contributed by atoms with van der Waals surface area (Å²) < 4.78 is 1.46. The van der Waals surface area contributed by atoms with E-state index in [1.54, 1.807) is 12.3 Å². The number of aromatic nitrogens is 1. The van der Waals surface area contributed by atoms with Crippen LogP contribution in [0.25, 0.3) is 5.69 Å². The number of benzene rings is 1. The van der Waals surface area contributed by atoms with E-state index >= 15 is 0 Å². The maximum atomic E-state index is 11.7. The van der Waals surface area contributed by atoms with Crippen LogP contribution in [0.5, 0.6) is 0 Å². The molecule has 0 aliphatic carbocycles. The molecule has 1 aromatic heterocycles. The summed E-state index contributed by atoms with van der Waals surface area (Å²) in [6.07, 6.45) is 1.61. The zero-order valence-corrected chi connectivity index (χ0v) is 8.05.